The van der Waals surface area contributed by atoms with Gasteiger partial charge in [0, 0.05) is 36.2 Å². The Morgan fingerprint density at radius 1 is 0.839 bits per heavy atom. The highest BCUT2D eigenvalue weighted by Crippen LogP contribution is 2.37. The fraction of sp³-hybridized carbons (Fsp3) is 0.471. The maximum Gasteiger partial charge on any atom is 0.255 e. The lowest BCUT2D eigenvalue weighted by atomic mass is 10.1. The Kier molecular flexibility index (Phi) is 12.9. The molecule has 0 aliphatic rings. The van der Waals surface area contributed by atoms with Gasteiger partial charge in [0.1, 0.15) is 12.5 Å². The molecule has 174 valence electrons. The summed E-state index contributed by atoms with van der Waals surface area (Å²) >= 11 is 5.45. The SMILES string of the molecule is O=CN(CCO)c1c(I)c(C(=O)NC(O)CCO)c(I)c(C(=O)NC(O)CCO)c1I. The quantitative estimate of drug-likeness (QED) is 0.0830. The smallest absolute Gasteiger partial charge is 0.255 e. The predicted octanol–water partition coefficient (Wildman–Crippen LogP) is -0.683. The van der Waals surface area contributed by atoms with Crippen molar-refractivity contribution in [1.82, 2.24) is 10.6 Å². The van der Waals surface area contributed by atoms with Gasteiger partial charge in [0.2, 0.25) is 6.41 Å². The van der Waals surface area contributed by atoms with Crippen LogP contribution < -0.4 is 15.5 Å². The molecular formula is C17H22I3N3O8. The van der Waals surface area contributed by atoms with Crippen LogP contribution in [0.15, 0.2) is 0 Å². The molecule has 0 aliphatic carbocycles. The van der Waals surface area contributed by atoms with E-state index in [4.69, 9.17) is 10.2 Å². The largest absolute Gasteiger partial charge is 0.396 e. The minimum Gasteiger partial charge on any atom is -0.396 e. The van der Waals surface area contributed by atoms with Gasteiger partial charge in [-0.1, -0.05) is 0 Å². The van der Waals surface area contributed by atoms with E-state index >= 15 is 0 Å². The number of hydrogen-bond acceptors (Lipinski definition) is 8. The van der Waals surface area contributed by atoms with Crippen LogP contribution in [0.5, 0.6) is 0 Å². The molecule has 0 saturated heterocycles. The lowest BCUT2D eigenvalue weighted by Crippen LogP contribution is -2.39. The number of benzene rings is 1. The topological polar surface area (TPSA) is 180 Å². The number of rotatable bonds is 12. The molecule has 1 aromatic carbocycles. The number of nitrogens with zero attached hydrogens (tertiary/aromatic N) is 1. The first-order valence-electron chi connectivity index (χ1n) is 8.87. The van der Waals surface area contributed by atoms with Crippen molar-refractivity contribution in [3.63, 3.8) is 0 Å². The molecular weight excluding hydrogens is 755 g/mol. The molecule has 3 amide bonds. The number of carbonyl (C=O) groups is 3. The molecule has 0 heterocycles. The van der Waals surface area contributed by atoms with Crippen LogP contribution in [0.2, 0.25) is 0 Å². The van der Waals surface area contributed by atoms with Crippen LogP contribution in [-0.4, -0.2) is 82.6 Å². The van der Waals surface area contributed by atoms with E-state index in [1.807, 2.05) is 45.2 Å². The summed E-state index contributed by atoms with van der Waals surface area (Å²) in [6, 6.07) is 0. The Bertz CT molecular complexity index is 758. The lowest BCUT2D eigenvalue weighted by Gasteiger charge is -2.25. The molecule has 0 saturated carbocycles. The van der Waals surface area contributed by atoms with Crippen molar-refractivity contribution in [3.05, 3.63) is 21.8 Å². The van der Waals surface area contributed by atoms with E-state index in [1.54, 1.807) is 22.6 Å². The van der Waals surface area contributed by atoms with Crippen LogP contribution in [0, 0.1) is 10.7 Å². The predicted molar refractivity (Wildman–Crippen MR) is 135 cm³/mol. The van der Waals surface area contributed by atoms with Crippen LogP contribution in [0.3, 0.4) is 0 Å². The molecule has 0 aliphatic heterocycles. The normalized spacial score (nSPS) is 12.8. The summed E-state index contributed by atoms with van der Waals surface area (Å²) < 4.78 is 0.800. The number of hydrogen-bond donors (Lipinski definition) is 7. The average Bonchev–Trinajstić information content (AvgIpc) is 2.67. The number of amides is 3. The minimum atomic E-state index is -1.34. The van der Waals surface area contributed by atoms with Crippen LogP contribution in [-0.2, 0) is 4.79 Å². The van der Waals surface area contributed by atoms with Gasteiger partial charge in [-0.15, -0.1) is 0 Å². The first-order valence-corrected chi connectivity index (χ1v) is 12.1. The standard InChI is InChI=1S/C17H22I3N3O8/c18-12-10(16(30)21-8(28)1-4-24)13(19)15(23(7-27)3-6-26)14(20)11(12)17(31)22-9(29)2-5-25/h7-9,24-26,28-29H,1-6H2,(H,21,30)(H,22,31). The van der Waals surface area contributed by atoms with E-state index in [0.717, 1.165) is 4.90 Å². The molecule has 7 N–H and O–H groups in total. The zero-order valence-corrected chi connectivity index (χ0v) is 22.5. The summed E-state index contributed by atoms with van der Waals surface area (Å²) in [6.07, 6.45) is -2.44. The highest BCUT2D eigenvalue weighted by Gasteiger charge is 2.31. The van der Waals surface area contributed by atoms with Crippen molar-refractivity contribution >= 4 is 91.7 Å². The summed E-state index contributed by atoms with van der Waals surface area (Å²) in [4.78, 5) is 38.5. The summed E-state index contributed by atoms with van der Waals surface area (Å²) in [5.41, 5.74) is 0.203. The molecule has 0 fully saturated rings. The van der Waals surface area contributed by atoms with Crippen molar-refractivity contribution in [1.29, 1.82) is 0 Å². The number of carbonyl (C=O) groups excluding carboxylic acids is 3. The van der Waals surface area contributed by atoms with E-state index < -0.39 is 24.3 Å². The van der Waals surface area contributed by atoms with Crippen molar-refractivity contribution < 1.29 is 39.9 Å². The molecule has 0 spiro atoms. The molecule has 2 atom stereocenters. The Balaban J connectivity index is 3.67. The molecule has 2 unspecified atom stereocenters. The average molecular weight is 777 g/mol. The highest BCUT2D eigenvalue weighted by atomic mass is 127. The molecule has 14 heteroatoms. The maximum atomic E-state index is 12.9. The van der Waals surface area contributed by atoms with E-state index in [2.05, 4.69) is 10.6 Å². The summed E-state index contributed by atoms with van der Waals surface area (Å²) in [5, 5.41) is 51.5. The molecule has 0 aromatic heterocycles. The van der Waals surface area contributed by atoms with Crippen molar-refractivity contribution in [2.24, 2.45) is 0 Å². The third kappa shape index (κ3) is 7.57. The number of halogens is 3. The van der Waals surface area contributed by atoms with Crippen molar-refractivity contribution in [2.75, 3.05) is 31.3 Å². The van der Waals surface area contributed by atoms with Crippen LogP contribution in [0.1, 0.15) is 33.6 Å². The van der Waals surface area contributed by atoms with Gasteiger partial charge < -0.3 is 41.1 Å². The fourth-order valence-electron chi connectivity index (χ4n) is 2.46. The third-order valence-electron chi connectivity index (χ3n) is 3.90. The zero-order valence-electron chi connectivity index (χ0n) is 16.0. The second-order valence-electron chi connectivity index (χ2n) is 6.07. The van der Waals surface area contributed by atoms with Gasteiger partial charge in [0.15, 0.2) is 0 Å². The Morgan fingerprint density at radius 3 is 1.58 bits per heavy atom. The first-order chi connectivity index (χ1) is 14.6. The minimum absolute atomic E-state index is 0.000179. The molecule has 1 rings (SSSR count). The van der Waals surface area contributed by atoms with Crippen LogP contribution >= 0.6 is 67.8 Å². The van der Waals surface area contributed by atoms with Gasteiger partial charge in [-0.2, -0.15) is 0 Å². The molecule has 0 radical (unpaired) electrons. The van der Waals surface area contributed by atoms with E-state index in [-0.39, 0.29) is 59.6 Å². The van der Waals surface area contributed by atoms with Gasteiger partial charge in [0.05, 0.1) is 30.6 Å². The number of anilines is 1. The molecule has 0 bridgehead atoms. The van der Waals surface area contributed by atoms with Crippen molar-refractivity contribution in [3.8, 4) is 0 Å². The van der Waals surface area contributed by atoms with E-state index in [9.17, 15) is 29.7 Å². The van der Waals surface area contributed by atoms with E-state index in [0.29, 0.717) is 13.6 Å². The first kappa shape index (κ1) is 28.7. The molecule has 31 heavy (non-hydrogen) atoms. The summed E-state index contributed by atoms with van der Waals surface area (Å²) in [7, 11) is 0. The Hall–Kier alpha value is -0.380. The van der Waals surface area contributed by atoms with Gasteiger partial charge in [-0.05, 0) is 67.8 Å². The monoisotopic (exact) mass is 777 g/mol. The Labute approximate surface area is 219 Å². The van der Waals surface area contributed by atoms with Crippen LogP contribution in [0.25, 0.3) is 0 Å². The lowest BCUT2D eigenvalue weighted by molar-refractivity contribution is -0.107. The van der Waals surface area contributed by atoms with Crippen LogP contribution in [0.4, 0.5) is 5.69 Å². The second kappa shape index (κ2) is 14.0. The molecule has 11 nitrogen and oxygen atoms in total. The fourth-order valence-corrected chi connectivity index (χ4v) is 7.23. The summed E-state index contributed by atoms with van der Waals surface area (Å²) in [5.74, 6) is -1.49. The number of aliphatic hydroxyl groups excluding tert-OH is 5. The van der Waals surface area contributed by atoms with Gasteiger partial charge in [0.25, 0.3) is 11.8 Å². The van der Waals surface area contributed by atoms with Gasteiger partial charge in [-0.25, -0.2) is 0 Å². The van der Waals surface area contributed by atoms with Gasteiger partial charge >= 0.3 is 0 Å². The Morgan fingerprint density at radius 2 is 1.26 bits per heavy atom. The maximum absolute atomic E-state index is 12.9. The summed E-state index contributed by atoms with van der Waals surface area (Å²) in [6.45, 7) is -1.19. The molecule has 1 aromatic rings. The van der Waals surface area contributed by atoms with Crippen molar-refractivity contribution in [2.45, 2.75) is 25.3 Å². The second-order valence-corrected chi connectivity index (χ2v) is 9.30. The van der Waals surface area contributed by atoms with Gasteiger partial charge in [-0.3, -0.25) is 14.4 Å². The van der Waals surface area contributed by atoms with E-state index in [1.165, 1.54) is 0 Å². The zero-order chi connectivity index (χ0) is 23.7. The third-order valence-corrected chi connectivity index (χ3v) is 7.08. The number of aliphatic hydroxyl groups is 5. The number of nitrogens with one attached hydrogen (secondary N) is 2. The highest BCUT2D eigenvalue weighted by molar-refractivity contribution is 14.1.